The smallest absolute Gasteiger partial charge is 0.0647 e. The predicted molar refractivity (Wildman–Crippen MR) is 62.1 cm³/mol. The Morgan fingerprint density at radius 1 is 1.47 bits per heavy atom. The third kappa shape index (κ3) is 2.23. The first-order valence-corrected chi connectivity index (χ1v) is 6.13. The zero-order valence-electron chi connectivity index (χ0n) is 9.79. The van der Waals surface area contributed by atoms with Crippen LogP contribution < -0.4 is 5.32 Å². The molecule has 0 bridgehead atoms. The maximum Gasteiger partial charge on any atom is 0.0647 e. The summed E-state index contributed by atoms with van der Waals surface area (Å²) in [6.07, 6.45) is 4.67. The molecule has 1 aromatic heterocycles. The van der Waals surface area contributed by atoms with E-state index in [2.05, 4.69) is 29.9 Å². The Morgan fingerprint density at radius 2 is 2.33 bits per heavy atom. The molecule has 1 aliphatic heterocycles. The summed E-state index contributed by atoms with van der Waals surface area (Å²) >= 11 is 0. The molecule has 1 aliphatic rings. The van der Waals surface area contributed by atoms with Gasteiger partial charge in [-0.25, -0.2) is 0 Å². The molecule has 2 heterocycles. The van der Waals surface area contributed by atoms with Crippen molar-refractivity contribution in [2.75, 3.05) is 13.1 Å². The van der Waals surface area contributed by atoms with Crippen LogP contribution in [0.1, 0.15) is 44.1 Å². The molecule has 1 aromatic rings. The second-order valence-corrected chi connectivity index (χ2v) is 4.28. The second-order valence-electron chi connectivity index (χ2n) is 4.28. The molecule has 2 rings (SSSR count). The van der Waals surface area contributed by atoms with E-state index in [4.69, 9.17) is 5.10 Å². The maximum atomic E-state index is 4.70. The second kappa shape index (κ2) is 4.79. The van der Waals surface area contributed by atoms with E-state index in [1.54, 1.807) is 0 Å². The average Bonchev–Trinajstić information content (AvgIpc) is 2.73. The number of nitrogens with one attached hydrogen (secondary N) is 1. The topological polar surface area (TPSA) is 29.9 Å². The van der Waals surface area contributed by atoms with Gasteiger partial charge in [-0.1, -0.05) is 13.8 Å². The minimum atomic E-state index is 0.578. The lowest BCUT2D eigenvalue weighted by Gasteiger charge is -2.24. The van der Waals surface area contributed by atoms with Crippen LogP contribution in [-0.4, -0.2) is 22.9 Å². The van der Waals surface area contributed by atoms with Gasteiger partial charge in [-0.15, -0.1) is 0 Å². The van der Waals surface area contributed by atoms with Gasteiger partial charge in [-0.2, -0.15) is 5.10 Å². The molecule has 0 spiro atoms. The van der Waals surface area contributed by atoms with Crippen molar-refractivity contribution < 1.29 is 0 Å². The summed E-state index contributed by atoms with van der Waals surface area (Å²) in [6.45, 7) is 6.63. The van der Waals surface area contributed by atoms with Gasteiger partial charge in [0.05, 0.1) is 11.7 Å². The Bertz CT molecular complexity index is 311. The van der Waals surface area contributed by atoms with Crippen LogP contribution in [0.2, 0.25) is 0 Å². The van der Waals surface area contributed by atoms with Crippen LogP contribution in [0.25, 0.3) is 0 Å². The van der Waals surface area contributed by atoms with Gasteiger partial charge in [-0.05, 0) is 38.3 Å². The molecule has 1 saturated heterocycles. The van der Waals surface area contributed by atoms with Gasteiger partial charge in [0.25, 0.3) is 0 Å². The number of rotatable bonds is 3. The van der Waals surface area contributed by atoms with Crippen molar-refractivity contribution in [3.63, 3.8) is 0 Å². The van der Waals surface area contributed by atoms with Crippen molar-refractivity contribution >= 4 is 0 Å². The highest BCUT2D eigenvalue weighted by Gasteiger charge is 2.18. The van der Waals surface area contributed by atoms with E-state index in [-0.39, 0.29) is 0 Å². The van der Waals surface area contributed by atoms with Crippen molar-refractivity contribution in [1.29, 1.82) is 0 Å². The molecule has 0 aliphatic carbocycles. The highest BCUT2D eigenvalue weighted by atomic mass is 15.3. The fourth-order valence-electron chi connectivity index (χ4n) is 2.29. The van der Waals surface area contributed by atoms with E-state index in [0.29, 0.717) is 6.04 Å². The van der Waals surface area contributed by atoms with Crippen molar-refractivity contribution in [2.45, 2.75) is 45.6 Å². The molecule has 0 amide bonds. The van der Waals surface area contributed by atoms with Gasteiger partial charge in [0.1, 0.15) is 0 Å². The van der Waals surface area contributed by atoms with E-state index >= 15 is 0 Å². The largest absolute Gasteiger partial charge is 0.315 e. The summed E-state index contributed by atoms with van der Waals surface area (Å²) in [5, 5.41) is 8.15. The van der Waals surface area contributed by atoms with Gasteiger partial charge in [0.2, 0.25) is 0 Å². The lowest BCUT2D eigenvalue weighted by Crippen LogP contribution is -2.32. The van der Waals surface area contributed by atoms with Crippen LogP contribution >= 0.6 is 0 Å². The number of aryl methyl sites for hydroxylation is 2. The Kier molecular flexibility index (Phi) is 3.41. The molecule has 0 saturated carbocycles. The quantitative estimate of drug-likeness (QED) is 0.821. The molecule has 0 aromatic carbocycles. The first-order valence-electron chi connectivity index (χ1n) is 6.13. The molecular weight excluding hydrogens is 186 g/mol. The van der Waals surface area contributed by atoms with Crippen molar-refractivity contribution in [1.82, 2.24) is 15.1 Å². The SMILES string of the molecule is CCc1cc(CC)n([C@@H]2CCCNC2)n1. The Labute approximate surface area is 91.9 Å². The van der Waals surface area contributed by atoms with Gasteiger partial charge in [0.15, 0.2) is 0 Å². The summed E-state index contributed by atoms with van der Waals surface area (Å²) in [6, 6.07) is 2.84. The Balaban J connectivity index is 2.20. The summed E-state index contributed by atoms with van der Waals surface area (Å²) in [5.74, 6) is 0. The van der Waals surface area contributed by atoms with Crippen molar-refractivity contribution in [2.24, 2.45) is 0 Å². The summed E-state index contributed by atoms with van der Waals surface area (Å²) in [4.78, 5) is 0. The zero-order chi connectivity index (χ0) is 10.7. The van der Waals surface area contributed by atoms with Crippen LogP contribution in [0.3, 0.4) is 0 Å². The standard InChI is InChI=1S/C12H21N3/c1-3-10-8-11(4-2)15(14-10)12-6-5-7-13-9-12/h8,12-13H,3-7,9H2,1-2H3/t12-/m1/s1. The average molecular weight is 207 g/mol. The maximum absolute atomic E-state index is 4.70. The lowest BCUT2D eigenvalue weighted by molar-refractivity contribution is 0.338. The number of nitrogens with zero attached hydrogens (tertiary/aromatic N) is 2. The van der Waals surface area contributed by atoms with Crippen LogP contribution in [0.5, 0.6) is 0 Å². The highest BCUT2D eigenvalue weighted by molar-refractivity contribution is 5.11. The first-order chi connectivity index (χ1) is 7.35. The summed E-state index contributed by atoms with van der Waals surface area (Å²) in [7, 11) is 0. The van der Waals surface area contributed by atoms with E-state index in [1.807, 2.05) is 0 Å². The van der Waals surface area contributed by atoms with Gasteiger partial charge >= 0.3 is 0 Å². The molecule has 1 atom stereocenters. The predicted octanol–water partition coefficient (Wildman–Crippen LogP) is 1.93. The number of piperidine rings is 1. The molecule has 0 unspecified atom stereocenters. The molecular formula is C12H21N3. The fourth-order valence-corrected chi connectivity index (χ4v) is 2.29. The van der Waals surface area contributed by atoms with Gasteiger partial charge in [0, 0.05) is 12.2 Å². The Hall–Kier alpha value is -0.830. The Morgan fingerprint density at radius 3 is 2.93 bits per heavy atom. The zero-order valence-corrected chi connectivity index (χ0v) is 9.79. The van der Waals surface area contributed by atoms with Gasteiger partial charge in [-0.3, -0.25) is 4.68 Å². The van der Waals surface area contributed by atoms with E-state index < -0.39 is 0 Å². The normalized spacial score (nSPS) is 21.9. The van der Waals surface area contributed by atoms with E-state index in [1.165, 1.54) is 30.8 Å². The first kappa shape index (κ1) is 10.7. The van der Waals surface area contributed by atoms with Crippen molar-refractivity contribution in [3.05, 3.63) is 17.5 Å². The minimum Gasteiger partial charge on any atom is -0.315 e. The minimum absolute atomic E-state index is 0.578. The monoisotopic (exact) mass is 207 g/mol. The van der Waals surface area contributed by atoms with Crippen LogP contribution in [0, 0.1) is 0 Å². The molecule has 0 radical (unpaired) electrons. The molecule has 1 fully saturated rings. The molecule has 15 heavy (non-hydrogen) atoms. The lowest BCUT2D eigenvalue weighted by atomic mass is 10.1. The van der Waals surface area contributed by atoms with Crippen LogP contribution in [0.15, 0.2) is 6.07 Å². The number of hydrogen-bond donors (Lipinski definition) is 1. The summed E-state index contributed by atoms with van der Waals surface area (Å²) in [5.41, 5.74) is 2.62. The van der Waals surface area contributed by atoms with Gasteiger partial charge < -0.3 is 5.32 Å². The molecule has 84 valence electrons. The van der Waals surface area contributed by atoms with E-state index in [0.717, 1.165) is 19.4 Å². The number of aromatic nitrogens is 2. The molecule has 3 heteroatoms. The highest BCUT2D eigenvalue weighted by Crippen LogP contribution is 2.19. The summed E-state index contributed by atoms with van der Waals surface area (Å²) < 4.78 is 2.25. The number of hydrogen-bond acceptors (Lipinski definition) is 2. The fraction of sp³-hybridized carbons (Fsp3) is 0.750. The molecule has 1 N–H and O–H groups in total. The third-order valence-electron chi connectivity index (χ3n) is 3.20. The molecule has 3 nitrogen and oxygen atoms in total. The van der Waals surface area contributed by atoms with Crippen molar-refractivity contribution in [3.8, 4) is 0 Å². The third-order valence-corrected chi connectivity index (χ3v) is 3.20. The van der Waals surface area contributed by atoms with Crippen LogP contribution in [-0.2, 0) is 12.8 Å². The van der Waals surface area contributed by atoms with Crippen LogP contribution in [0.4, 0.5) is 0 Å². The van der Waals surface area contributed by atoms with E-state index in [9.17, 15) is 0 Å².